The SMILES string of the molecule is Cn1nnc(C2CN(C(=O)c3cccc(=O)[nH]3)CCO2)n1. The van der Waals surface area contributed by atoms with Gasteiger partial charge in [0.15, 0.2) is 0 Å². The molecule has 0 saturated carbocycles. The monoisotopic (exact) mass is 290 g/mol. The van der Waals surface area contributed by atoms with Gasteiger partial charge in [0.25, 0.3) is 5.91 Å². The van der Waals surface area contributed by atoms with E-state index >= 15 is 0 Å². The van der Waals surface area contributed by atoms with Gasteiger partial charge in [0, 0.05) is 12.6 Å². The van der Waals surface area contributed by atoms with Crippen molar-refractivity contribution in [2.75, 3.05) is 19.7 Å². The molecule has 0 radical (unpaired) electrons. The zero-order chi connectivity index (χ0) is 14.8. The number of tetrazole rings is 1. The maximum Gasteiger partial charge on any atom is 0.270 e. The van der Waals surface area contributed by atoms with Gasteiger partial charge in [-0.2, -0.15) is 4.80 Å². The first-order valence-electron chi connectivity index (χ1n) is 6.47. The molecule has 1 unspecified atom stereocenters. The Morgan fingerprint density at radius 2 is 2.33 bits per heavy atom. The van der Waals surface area contributed by atoms with Crippen molar-refractivity contribution in [2.24, 2.45) is 7.05 Å². The summed E-state index contributed by atoms with van der Waals surface area (Å²) in [6.45, 7) is 1.15. The lowest BCUT2D eigenvalue weighted by molar-refractivity contribution is -0.0271. The molecule has 21 heavy (non-hydrogen) atoms. The number of amides is 1. The van der Waals surface area contributed by atoms with E-state index < -0.39 is 6.10 Å². The van der Waals surface area contributed by atoms with Crippen LogP contribution in [0.2, 0.25) is 0 Å². The Balaban J connectivity index is 1.77. The summed E-state index contributed by atoms with van der Waals surface area (Å²) >= 11 is 0. The minimum absolute atomic E-state index is 0.245. The van der Waals surface area contributed by atoms with Crippen LogP contribution >= 0.6 is 0 Å². The molecule has 0 aliphatic carbocycles. The summed E-state index contributed by atoms with van der Waals surface area (Å²) in [6.07, 6.45) is -0.410. The summed E-state index contributed by atoms with van der Waals surface area (Å²) in [5, 5.41) is 11.7. The van der Waals surface area contributed by atoms with Crippen LogP contribution in [0.5, 0.6) is 0 Å². The van der Waals surface area contributed by atoms with Crippen molar-refractivity contribution in [2.45, 2.75) is 6.10 Å². The molecule has 1 N–H and O–H groups in total. The molecule has 3 heterocycles. The summed E-state index contributed by atoms with van der Waals surface area (Å²) in [4.78, 5) is 29.1. The molecule has 1 saturated heterocycles. The van der Waals surface area contributed by atoms with Crippen LogP contribution in [0.25, 0.3) is 0 Å². The Bertz CT molecular complexity index is 709. The smallest absolute Gasteiger partial charge is 0.270 e. The molecular weight excluding hydrogens is 276 g/mol. The summed E-state index contributed by atoms with van der Waals surface area (Å²) < 4.78 is 5.57. The van der Waals surface area contributed by atoms with Crippen molar-refractivity contribution >= 4 is 5.91 Å². The molecule has 9 nitrogen and oxygen atoms in total. The molecule has 1 aliphatic rings. The largest absolute Gasteiger partial charge is 0.366 e. The fraction of sp³-hybridized carbons (Fsp3) is 0.417. The molecule has 2 aromatic rings. The first-order valence-corrected chi connectivity index (χ1v) is 6.47. The van der Waals surface area contributed by atoms with Gasteiger partial charge < -0.3 is 14.6 Å². The van der Waals surface area contributed by atoms with E-state index in [0.717, 1.165) is 0 Å². The van der Waals surface area contributed by atoms with Crippen molar-refractivity contribution in [1.29, 1.82) is 0 Å². The second-order valence-electron chi connectivity index (χ2n) is 4.68. The van der Waals surface area contributed by atoms with Crippen LogP contribution in [0.3, 0.4) is 0 Å². The fourth-order valence-corrected chi connectivity index (χ4v) is 2.16. The Hall–Kier alpha value is -2.55. The zero-order valence-electron chi connectivity index (χ0n) is 11.4. The fourth-order valence-electron chi connectivity index (χ4n) is 2.16. The van der Waals surface area contributed by atoms with Crippen LogP contribution < -0.4 is 5.56 Å². The number of carbonyl (C=O) groups excluding carboxylic acids is 1. The number of H-pyrrole nitrogens is 1. The lowest BCUT2D eigenvalue weighted by atomic mass is 10.2. The summed E-state index contributed by atoms with van der Waals surface area (Å²) in [7, 11) is 1.66. The molecule has 0 bridgehead atoms. The van der Waals surface area contributed by atoms with E-state index in [4.69, 9.17) is 4.74 Å². The van der Waals surface area contributed by atoms with Gasteiger partial charge in [0.2, 0.25) is 11.4 Å². The predicted octanol–water partition coefficient (Wildman–Crippen LogP) is -0.888. The first kappa shape index (κ1) is 13.4. The highest BCUT2D eigenvalue weighted by molar-refractivity contribution is 5.92. The normalized spacial score (nSPS) is 18.7. The molecule has 2 aromatic heterocycles. The van der Waals surface area contributed by atoms with Crippen LogP contribution in [-0.4, -0.2) is 55.7 Å². The molecular formula is C12H14N6O3. The third kappa shape index (κ3) is 2.82. The van der Waals surface area contributed by atoms with Gasteiger partial charge in [-0.25, -0.2) is 0 Å². The van der Waals surface area contributed by atoms with Crippen LogP contribution in [-0.2, 0) is 11.8 Å². The highest BCUT2D eigenvalue weighted by atomic mass is 16.5. The third-order valence-electron chi connectivity index (χ3n) is 3.16. The number of aromatic amines is 1. The molecule has 0 spiro atoms. The van der Waals surface area contributed by atoms with E-state index in [1.54, 1.807) is 24.1 Å². The number of aryl methyl sites for hydroxylation is 1. The summed E-state index contributed by atoms with van der Waals surface area (Å²) in [5.41, 5.74) is -0.0449. The number of ether oxygens (including phenoxy) is 1. The number of hydrogen-bond acceptors (Lipinski definition) is 6. The van der Waals surface area contributed by atoms with E-state index in [1.165, 1.54) is 10.9 Å². The standard InChI is InChI=1S/C12H14N6O3/c1-17-15-11(14-16-17)9-7-18(5-6-21-9)12(20)8-3-2-4-10(19)13-8/h2-4,9H,5-7H2,1H3,(H,13,19). The zero-order valence-corrected chi connectivity index (χ0v) is 11.4. The summed E-state index contributed by atoms with van der Waals surface area (Å²) in [5.74, 6) is 0.196. The van der Waals surface area contributed by atoms with Gasteiger partial charge in [-0.05, 0) is 11.3 Å². The number of nitrogens with zero attached hydrogens (tertiary/aromatic N) is 5. The van der Waals surface area contributed by atoms with Gasteiger partial charge in [-0.3, -0.25) is 9.59 Å². The van der Waals surface area contributed by atoms with Crippen molar-refractivity contribution in [3.63, 3.8) is 0 Å². The van der Waals surface area contributed by atoms with E-state index in [0.29, 0.717) is 25.5 Å². The molecule has 9 heteroatoms. The van der Waals surface area contributed by atoms with Crippen LogP contribution in [0, 0.1) is 0 Å². The minimum Gasteiger partial charge on any atom is -0.366 e. The highest BCUT2D eigenvalue weighted by Crippen LogP contribution is 2.19. The maximum atomic E-state index is 12.4. The van der Waals surface area contributed by atoms with Gasteiger partial charge in [0.05, 0.1) is 20.2 Å². The Morgan fingerprint density at radius 3 is 3.05 bits per heavy atom. The number of hydrogen-bond donors (Lipinski definition) is 1. The van der Waals surface area contributed by atoms with E-state index in [2.05, 4.69) is 20.4 Å². The minimum atomic E-state index is -0.410. The molecule has 110 valence electrons. The van der Waals surface area contributed by atoms with Crippen molar-refractivity contribution in [1.82, 2.24) is 30.1 Å². The second-order valence-corrected chi connectivity index (χ2v) is 4.68. The lowest BCUT2D eigenvalue weighted by Gasteiger charge is -2.31. The van der Waals surface area contributed by atoms with Crippen molar-refractivity contribution in [3.05, 3.63) is 40.1 Å². The number of morpholine rings is 1. The van der Waals surface area contributed by atoms with E-state index in [1.807, 2.05) is 0 Å². The second kappa shape index (κ2) is 5.44. The molecule has 3 rings (SSSR count). The topological polar surface area (TPSA) is 106 Å². The van der Waals surface area contributed by atoms with Crippen LogP contribution in [0.4, 0.5) is 0 Å². The Morgan fingerprint density at radius 1 is 1.48 bits per heavy atom. The van der Waals surface area contributed by atoms with E-state index in [9.17, 15) is 9.59 Å². The molecule has 1 atom stereocenters. The summed E-state index contributed by atoms with van der Waals surface area (Å²) in [6, 6.07) is 4.49. The number of aromatic nitrogens is 5. The van der Waals surface area contributed by atoms with Gasteiger partial charge in [0.1, 0.15) is 11.8 Å². The Kier molecular flexibility index (Phi) is 3.48. The van der Waals surface area contributed by atoms with Crippen molar-refractivity contribution < 1.29 is 9.53 Å². The first-order chi connectivity index (χ1) is 10.1. The average Bonchev–Trinajstić information content (AvgIpc) is 2.93. The molecule has 1 aliphatic heterocycles. The third-order valence-corrected chi connectivity index (χ3v) is 3.16. The number of pyridine rings is 1. The van der Waals surface area contributed by atoms with Crippen LogP contribution in [0.1, 0.15) is 22.4 Å². The number of nitrogens with one attached hydrogen (secondary N) is 1. The molecule has 0 aromatic carbocycles. The quantitative estimate of drug-likeness (QED) is 0.769. The van der Waals surface area contributed by atoms with Crippen LogP contribution in [0.15, 0.2) is 23.0 Å². The maximum absolute atomic E-state index is 12.4. The molecule has 1 amide bonds. The molecule has 1 fully saturated rings. The van der Waals surface area contributed by atoms with Gasteiger partial charge in [-0.1, -0.05) is 6.07 Å². The van der Waals surface area contributed by atoms with Gasteiger partial charge >= 0.3 is 0 Å². The predicted molar refractivity (Wildman–Crippen MR) is 70.5 cm³/mol. The van der Waals surface area contributed by atoms with Crippen molar-refractivity contribution in [3.8, 4) is 0 Å². The lowest BCUT2D eigenvalue weighted by Crippen LogP contribution is -2.43. The van der Waals surface area contributed by atoms with E-state index in [-0.39, 0.29) is 17.2 Å². The highest BCUT2D eigenvalue weighted by Gasteiger charge is 2.29. The van der Waals surface area contributed by atoms with Gasteiger partial charge in [-0.15, -0.1) is 10.2 Å². The number of rotatable bonds is 2. The average molecular weight is 290 g/mol. The Labute approximate surface area is 119 Å². The number of carbonyl (C=O) groups is 1.